The van der Waals surface area contributed by atoms with E-state index in [9.17, 15) is 4.79 Å². The molecule has 26 heavy (non-hydrogen) atoms. The highest BCUT2D eigenvalue weighted by Gasteiger charge is 2.36. The first kappa shape index (κ1) is 18.7. The molecular weight excluding hydrogens is 386 g/mol. The Hall–Kier alpha value is -2.13. The normalized spacial score (nSPS) is 19.7. The number of carbonyl (C=O) groups excluding carboxylic acids is 1. The third kappa shape index (κ3) is 4.73. The van der Waals surface area contributed by atoms with E-state index in [1.54, 1.807) is 6.08 Å². The zero-order chi connectivity index (χ0) is 18.7. The topological polar surface area (TPSA) is 29.1 Å². The van der Waals surface area contributed by atoms with Gasteiger partial charge in [0, 0.05) is 17.1 Å². The van der Waals surface area contributed by atoms with Gasteiger partial charge in [-0.05, 0) is 60.1 Å². The summed E-state index contributed by atoms with van der Waals surface area (Å²) < 4.78 is 1.14. The van der Waals surface area contributed by atoms with E-state index < -0.39 is 0 Å². The van der Waals surface area contributed by atoms with Crippen LogP contribution in [0.15, 0.2) is 76.8 Å². The van der Waals surface area contributed by atoms with Crippen molar-refractivity contribution in [2.75, 3.05) is 6.54 Å². The first-order valence-electron chi connectivity index (χ1n) is 8.91. The van der Waals surface area contributed by atoms with Crippen molar-refractivity contribution in [2.24, 2.45) is 5.92 Å². The molecule has 1 amide bonds. The van der Waals surface area contributed by atoms with Gasteiger partial charge in [0.2, 0.25) is 5.91 Å². The predicted molar refractivity (Wildman–Crippen MR) is 113 cm³/mol. The molecule has 1 aliphatic carbocycles. The molecule has 0 aromatic heterocycles. The Labute approximate surface area is 163 Å². The van der Waals surface area contributed by atoms with Gasteiger partial charge in [-0.15, -0.1) is 0 Å². The van der Waals surface area contributed by atoms with Crippen molar-refractivity contribution in [1.82, 2.24) is 5.32 Å². The maximum atomic E-state index is 11.8. The fraction of sp³-hybridized carbons (Fsp3) is 0.261. The minimum atomic E-state index is -0.0670. The monoisotopic (exact) mass is 409 g/mol. The maximum absolute atomic E-state index is 11.8. The highest BCUT2D eigenvalue weighted by molar-refractivity contribution is 9.10. The van der Waals surface area contributed by atoms with Gasteiger partial charge < -0.3 is 5.32 Å². The lowest BCUT2D eigenvalue weighted by Crippen LogP contribution is -2.22. The Bertz CT molecular complexity index is 910. The molecular formula is C23H24BrNO. The van der Waals surface area contributed by atoms with Crippen LogP contribution in [0.1, 0.15) is 31.7 Å². The van der Waals surface area contributed by atoms with Crippen molar-refractivity contribution >= 4 is 32.6 Å². The van der Waals surface area contributed by atoms with E-state index >= 15 is 0 Å². The molecule has 3 rings (SSSR count). The molecule has 2 nitrogen and oxygen atoms in total. The molecule has 0 unspecified atom stereocenters. The van der Waals surface area contributed by atoms with Gasteiger partial charge in [0.25, 0.3) is 0 Å². The minimum Gasteiger partial charge on any atom is -0.349 e. The first-order chi connectivity index (χ1) is 12.4. The zero-order valence-corrected chi connectivity index (χ0v) is 16.8. The molecule has 1 fully saturated rings. The largest absolute Gasteiger partial charge is 0.349 e. The number of benzene rings is 2. The van der Waals surface area contributed by atoms with Crippen LogP contribution in [-0.4, -0.2) is 12.5 Å². The average molecular weight is 410 g/mol. The van der Waals surface area contributed by atoms with E-state index in [-0.39, 0.29) is 5.91 Å². The van der Waals surface area contributed by atoms with Crippen LogP contribution in [0.2, 0.25) is 0 Å². The molecule has 2 aromatic rings. The number of hydrogen-bond acceptors (Lipinski definition) is 1. The van der Waals surface area contributed by atoms with E-state index in [0.717, 1.165) is 15.6 Å². The van der Waals surface area contributed by atoms with Gasteiger partial charge in [0.05, 0.1) is 0 Å². The Morgan fingerprint density at radius 2 is 2.12 bits per heavy atom. The standard InChI is InChI=1S/C23H24BrNO/c1-15(2)14-25-23(26)11-16(3)7-8-19-13-21(19)18-9-10-20-17(12-18)5-4-6-22(20)24/h4-12,19,21H,1,13-14H2,2-3H3,(H,25,26)/t19-,21+/m1/s1. The van der Waals surface area contributed by atoms with Gasteiger partial charge in [-0.3, -0.25) is 4.79 Å². The second kappa shape index (κ2) is 8.05. The van der Waals surface area contributed by atoms with Crippen molar-refractivity contribution in [1.29, 1.82) is 0 Å². The van der Waals surface area contributed by atoms with Gasteiger partial charge in [0.1, 0.15) is 0 Å². The predicted octanol–water partition coefficient (Wildman–Crippen LogP) is 5.90. The fourth-order valence-corrected chi connectivity index (χ4v) is 3.64. The molecule has 1 N–H and O–H groups in total. The number of nitrogens with one attached hydrogen (secondary N) is 1. The lowest BCUT2D eigenvalue weighted by Gasteiger charge is -2.04. The van der Waals surface area contributed by atoms with Crippen molar-refractivity contribution in [3.05, 3.63) is 82.4 Å². The number of fused-ring (bicyclic) bond motifs is 1. The quantitative estimate of drug-likeness (QED) is 0.359. The fourth-order valence-electron chi connectivity index (χ4n) is 3.12. The summed E-state index contributed by atoms with van der Waals surface area (Å²) in [5.41, 5.74) is 3.31. The van der Waals surface area contributed by atoms with E-state index in [0.29, 0.717) is 18.4 Å². The van der Waals surface area contributed by atoms with Crippen LogP contribution in [0.25, 0.3) is 10.8 Å². The molecule has 1 aliphatic rings. The molecule has 0 spiro atoms. The third-order valence-corrected chi connectivity index (χ3v) is 5.34. The number of allylic oxidation sites excluding steroid dienone is 3. The van der Waals surface area contributed by atoms with Gasteiger partial charge in [-0.1, -0.05) is 70.6 Å². The van der Waals surface area contributed by atoms with E-state index in [4.69, 9.17) is 0 Å². The smallest absolute Gasteiger partial charge is 0.244 e. The van der Waals surface area contributed by atoms with E-state index in [2.05, 4.69) is 76.4 Å². The molecule has 3 heteroatoms. The summed E-state index contributed by atoms with van der Waals surface area (Å²) in [7, 11) is 0. The number of rotatable bonds is 6. The van der Waals surface area contributed by atoms with Crippen LogP contribution in [0.3, 0.4) is 0 Å². The van der Waals surface area contributed by atoms with Gasteiger partial charge in [-0.25, -0.2) is 0 Å². The maximum Gasteiger partial charge on any atom is 0.244 e. The summed E-state index contributed by atoms with van der Waals surface area (Å²) in [4.78, 5) is 11.8. The van der Waals surface area contributed by atoms with Gasteiger partial charge in [-0.2, -0.15) is 0 Å². The summed E-state index contributed by atoms with van der Waals surface area (Å²) in [6.07, 6.45) is 7.10. The zero-order valence-electron chi connectivity index (χ0n) is 15.3. The van der Waals surface area contributed by atoms with Crippen LogP contribution in [0.4, 0.5) is 0 Å². The summed E-state index contributed by atoms with van der Waals surface area (Å²) in [5, 5.41) is 5.35. The Kier molecular flexibility index (Phi) is 5.77. The lowest BCUT2D eigenvalue weighted by molar-refractivity contribution is -0.116. The minimum absolute atomic E-state index is 0.0670. The van der Waals surface area contributed by atoms with E-state index in [1.807, 2.05) is 13.8 Å². The molecule has 0 bridgehead atoms. The summed E-state index contributed by atoms with van der Waals surface area (Å²) in [6, 6.07) is 13.0. The molecule has 0 heterocycles. The highest BCUT2D eigenvalue weighted by Crippen LogP contribution is 2.49. The lowest BCUT2D eigenvalue weighted by atomic mass is 10.0. The van der Waals surface area contributed by atoms with Crippen molar-refractivity contribution in [2.45, 2.75) is 26.2 Å². The van der Waals surface area contributed by atoms with Crippen molar-refractivity contribution in [3.8, 4) is 0 Å². The second-order valence-corrected chi connectivity index (χ2v) is 8.00. The van der Waals surface area contributed by atoms with Gasteiger partial charge >= 0.3 is 0 Å². The van der Waals surface area contributed by atoms with Gasteiger partial charge in [0.15, 0.2) is 0 Å². The Morgan fingerprint density at radius 3 is 2.88 bits per heavy atom. The number of amides is 1. The second-order valence-electron chi connectivity index (χ2n) is 7.15. The number of halogens is 1. The molecule has 134 valence electrons. The number of carbonyl (C=O) groups is 1. The van der Waals surface area contributed by atoms with Crippen molar-refractivity contribution < 1.29 is 4.79 Å². The molecule has 0 saturated heterocycles. The molecule has 1 saturated carbocycles. The third-order valence-electron chi connectivity index (χ3n) is 4.65. The SMILES string of the molecule is C=C(C)CNC(=O)C=C(C)C=C[C@@H]1C[C@H]1c1ccc2c(Br)cccc2c1. The molecule has 0 aliphatic heterocycles. The summed E-state index contributed by atoms with van der Waals surface area (Å²) in [6.45, 7) is 8.16. The number of hydrogen-bond donors (Lipinski definition) is 1. The first-order valence-corrected chi connectivity index (χ1v) is 9.70. The average Bonchev–Trinajstić information content (AvgIpc) is 3.38. The Morgan fingerprint density at radius 1 is 1.31 bits per heavy atom. The van der Waals surface area contributed by atoms with Crippen LogP contribution >= 0.6 is 15.9 Å². The van der Waals surface area contributed by atoms with Crippen LogP contribution in [0.5, 0.6) is 0 Å². The van der Waals surface area contributed by atoms with Crippen LogP contribution in [0, 0.1) is 5.92 Å². The molecule has 0 radical (unpaired) electrons. The van der Waals surface area contributed by atoms with E-state index in [1.165, 1.54) is 22.8 Å². The highest BCUT2D eigenvalue weighted by atomic mass is 79.9. The van der Waals surface area contributed by atoms with Crippen LogP contribution in [-0.2, 0) is 4.79 Å². The van der Waals surface area contributed by atoms with Crippen LogP contribution < -0.4 is 5.32 Å². The Balaban J connectivity index is 1.61. The summed E-state index contributed by atoms with van der Waals surface area (Å²) >= 11 is 3.61. The molecule has 2 atom stereocenters. The molecule has 2 aromatic carbocycles. The summed E-state index contributed by atoms with van der Waals surface area (Å²) in [5.74, 6) is 1.07. The van der Waals surface area contributed by atoms with Crippen molar-refractivity contribution in [3.63, 3.8) is 0 Å².